The highest BCUT2D eigenvalue weighted by atomic mass is 16.5. The number of methoxy groups -OCH3 is 1. The summed E-state index contributed by atoms with van der Waals surface area (Å²) in [4.78, 5) is 16.6. The molecule has 2 aromatic rings. The molecular formula is C21H22N2O3. The molecule has 5 nitrogen and oxygen atoms in total. The lowest BCUT2D eigenvalue weighted by molar-refractivity contribution is -0.115. The number of nitrogens with one attached hydrogen (secondary N) is 1. The number of ether oxygens (including phenoxy) is 2. The van der Waals surface area contributed by atoms with Crippen molar-refractivity contribution in [3.63, 3.8) is 0 Å². The SMILES string of the molecule is CCOc1ccc(/C=C2/N=C(CCc3cccc(OC)c3)NC2=O)cc1. The normalized spacial score (nSPS) is 14.9. The van der Waals surface area contributed by atoms with E-state index < -0.39 is 0 Å². The lowest BCUT2D eigenvalue weighted by Gasteiger charge is -2.04. The number of amides is 1. The van der Waals surface area contributed by atoms with Gasteiger partial charge in [-0.05, 0) is 54.8 Å². The number of hydrogen-bond acceptors (Lipinski definition) is 4. The van der Waals surface area contributed by atoms with Crippen molar-refractivity contribution >= 4 is 17.8 Å². The van der Waals surface area contributed by atoms with Crippen molar-refractivity contribution in [1.82, 2.24) is 5.32 Å². The summed E-state index contributed by atoms with van der Waals surface area (Å²) in [5.41, 5.74) is 2.48. The Balaban J connectivity index is 1.66. The first-order chi connectivity index (χ1) is 12.7. The van der Waals surface area contributed by atoms with Crippen LogP contribution >= 0.6 is 0 Å². The van der Waals surface area contributed by atoms with Gasteiger partial charge in [0.1, 0.15) is 23.0 Å². The molecule has 0 aliphatic carbocycles. The summed E-state index contributed by atoms with van der Waals surface area (Å²) in [6.07, 6.45) is 3.23. The summed E-state index contributed by atoms with van der Waals surface area (Å²) in [6.45, 7) is 2.57. The quantitative estimate of drug-likeness (QED) is 0.776. The topological polar surface area (TPSA) is 59.9 Å². The average molecular weight is 350 g/mol. The van der Waals surface area contributed by atoms with E-state index in [0.29, 0.717) is 24.6 Å². The molecule has 0 bridgehead atoms. The molecular weight excluding hydrogens is 328 g/mol. The highest BCUT2D eigenvalue weighted by Gasteiger charge is 2.19. The Morgan fingerprint density at radius 3 is 2.62 bits per heavy atom. The maximum atomic E-state index is 12.1. The van der Waals surface area contributed by atoms with Gasteiger partial charge in [-0.25, -0.2) is 4.99 Å². The second kappa shape index (κ2) is 8.34. The molecule has 0 radical (unpaired) electrons. The Hall–Kier alpha value is -3.08. The Labute approximate surface area is 153 Å². The van der Waals surface area contributed by atoms with Crippen LogP contribution in [0.2, 0.25) is 0 Å². The summed E-state index contributed by atoms with van der Waals surface area (Å²) >= 11 is 0. The highest BCUT2D eigenvalue weighted by molar-refractivity contribution is 6.14. The number of aliphatic imine (C=N–C) groups is 1. The summed E-state index contributed by atoms with van der Waals surface area (Å²) in [5.74, 6) is 2.17. The van der Waals surface area contributed by atoms with Gasteiger partial charge in [-0.15, -0.1) is 0 Å². The van der Waals surface area contributed by atoms with Crippen LogP contribution in [0.4, 0.5) is 0 Å². The van der Waals surface area contributed by atoms with E-state index in [1.165, 1.54) is 0 Å². The van der Waals surface area contributed by atoms with Crippen LogP contribution in [-0.4, -0.2) is 25.5 Å². The number of amidine groups is 1. The van der Waals surface area contributed by atoms with Gasteiger partial charge in [0.05, 0.1) is 13.7 Å². The molecule has 1 aliphatic rings. The van der Waals surface area contributed by atoms with Gasteiger partial charge in [0.25, 0.3) is 5.91 Å². The van der Waals surface area contributed by atoms with Crippen LogP contribution < -0.4 is 14.8 Å². The van der Waals surface area contributed by atoms with E-state index in [4.69, 9.17) is 9.47 Å². The standard InChI is InChI=1S/C21H22N2O3/c1-3-26-17-10-7-16(8-11-17)14-19-21(24)23-20(22-19)12-9-15-5-4-6-18(13-15)25-2/h4-8,10-11,13-14H,3,9,12H2,1-2H3,(H,22,23,24)/b19-14+. The van der Waals surface area contributed by atoms with Crippen molar-refractivity contribution in [2.45, 2.75) is 19.8 Å². The average Bonchev–Trinajstić information content (AvgIpc) is 3.01. The third kappa shape index (κ3) is 4.51. The van der Waals surface area contributed by atoms with Crippen molar-refractivity contribution < 1.29 is 14.3 Å². The molecule has 2 aromatic carbocycles. The first kappa shape index (κ1) is 17.7. The molecule has 1 N–H and O–H groups in total. The molecule has 1 amide bonds. The molecule has 0 atom stereocenters. The Bertz CT molecular complexity index is 839. The first-order valence-corrected chi connectivity index (χ1v) is 8.64. The van der Waals surface area contributed by atoms with Crippen LogP contribution in [-0.2, 0) is 11.2 Å². The maximum Gasteiger partial charge on any atom is 0.275 e. The zero-order valence-electron chi connectivity index (χ0n) is 15.0. The lowest BCUT2D eigenvalue weighted by atomic mass is 10.1. The minimum Gasteiger partial charge on any atom is -0.497 e. The van der Waals surface area contributed by atoms with Gasteiger partial charge in [0.15, 0.2) is 0 Å². The number of carbonyl (C=O) groups excluding carboxylic acids is 1. The monoisotopic (exact) mass is 350 g/mol. The zero-order valence-corrected chi connectivity index (χ0v) is 15.0. The predicted octanol–water partition coefficient (Wildman–Crippen LogP) is 3.60. The van der Waals surface area contributed by atoms with Crippen LogP contribution in [0.3, 0.4) is 0 Å². The molecule has 0 aromatic heterocycles. The van der Waals surface area contributed by atoms with Gasteiger partial charge in [0.2, 0.25) is 0 Å². The largest absolute Gasteiger partial charge is 0.497 e. The van der Waals surface area contributed by atoms with Crippen molar-refractivity contribution in [2.75, 3.05) is 13.7 Å². The zero-order chi connectivity index (χ0) is 18.4. The Kier molecular flexibility index (Phi) is 5.69. The second-order valence-electron chi connectivity index (χ2n) is 5.90. The summed E-state index contributed by atoms with van der Waals surface area (Å²) in [6, 6.07) is 15.5. The Morgan fingerprint density at radius 2 is 1.88 bits per heavy atom. The fourth-order valence-corrected chi connectivity index (χ4v) is 2.71. The molecule has 0 fully saturated rings. The van der Waals surface area contributed by atoms with Gasteiger partial charge in [-0.2, -0.15) is 0 Å². The molecule has 0 unspecified atom stereocenters. The van der Waals surface area contributed by atoms with Gasteiger partial charge in [0, 0.05) is 6.42 Å². The molecule has 26 heavy (non-hydrogen) atoms. The fraction of sp³-hybridized carbons (Fsp3) is 0.238. The molecule has 0 spiro atoms. The summed E-state index contributed by atoms with van der Waals surface area (Å²) in [5, 5.41) is 2.84. The molecule has 0 saturated carbocycles. The maximum absolute atomic E-state index is 12.1. The molecule has 3 rings (SSSR count). The fourth-order valence-electron chi connectivity index (χ4n) is 2.71. The molecule has 134 valence electrons. The van der Waals surface area contributed by atoms with Crippen molar-refractivity contribution in [2.24, 2.45) is 4.99 Å². The molecule has 1 heterocycles. The Morgan fingerprint density at radius 1 is 1.08 bits per heavy atom. The third-order valence-corrected chi connectivity index (χ3v) is 4.02. The minimum absolute atomic E-state index is 0.167. The van der Waals surface area contributed by atoms with Crippen LogP contribution in [0.25, 0.3) is 6.08 Å². The van der Waals surface area contributed by atoms with Crippen LogP contribution in [0.15, 0.2) is 59.2 Å². The van der Waals surface area contributed by atoms with E-state index in [1.807, 2.05) is 55.5 Å². The van der Waals surface area contributed by atoms with Crippen LogP contribution in [0.1, 0.15) is 24.5 Å². The van der Waals surface area contributed by atoms with E-state index in [2.05, 4.69) is 10.3 Å². The smallest absolute Gasteiger partial charge is 0.275 e. The number of carbonyl (C=O) groups is 1. The summed E-state index contributed by atoms with van der Waals surface area (Å²) in [7, 11) is 1.65. The van der Waals surface area contributed by atoms with Gasteiger partial charge in [-0.1, -0.05) is 24.3 Å². The predicted molar refractivity (Wildman–Crippen MR) is 102 cm³/mol. The van der Waals surface area contributed by atoms with Crippen LogP contribution in [0.5, 0.6) is 11.5 Å². The van der Waals surface area contributed by atoms with E-state index in [1.54, 1.807) is 13.2 Å². The number of nitrogens with zero attached hydrogens (tertiary/aromatic N) is 1. The first-order valence-electron chi connectivity index (χ1n) is 8.64. The number of rotatable bonds is 7. The van der Waals surface area contributed by atoms with Crippen LogP contribution in [0, 0.1) is 0 Å². The summed E-state index contributed by atoms with van der Waals surface area (Å²) < 4.78 is 10.7. The molecule has 0 saturated heterocycles. The lowest BCUT2D eigenvalue weighted by Crippen LogP contribution is -2.24. The van der Waals surface area contributed by atoms with Gasteiger partial charge in [-0.3, -0.25) is 4.79 Å². The van der Waals surface area contributed by atoms with Gasteiger partial charge >= 0.3 is 0 Å². The third-order valence-electron chi connectivity index (χ3n) is 4.02. The minimum atomic E-state index is -0.167. The van der Waals surface area contributed by atoms with Crippen molar-refractivity contribution in [3.05, 3.63) is 65.4 Å². The number of benzene rings is 2. The number of hydrogen-bond donors (Lipinski definition) is 1. The molecule has 5 heteroatoms. The van der Waals surface area contributed by atoms with E-state index in [9.17, 15) is 4.79 Å². The molecule has 1 aliphatic heterocycles. The highest BCUT2D eigenvalue weighted by Crippen LogP contribution is 2.18. The van der Waals surface area contributed by atoms with Crippen molar-refractivity contribution in [1.29, 1.82) is 0 Å². The van der Waals surface area contributed by atoms with E-state index in [-0.39, 0.29) is 5.91 Å². The second-order valence-corrected chi connectivity index (χ2v) is 5.90. The van der Waals surface area contributed by atoms with E-state index >= 15 is 0 Å². The van der Waals surface area contributed by atoms with E-state index in [0.717, 1.165) is 29.0 Å². The van der Waals surface area contributed by atoms with Gasteiger partial charge < -0.3 is 14.8 Å². The van der Waals surface area contributed by atoms with Crippen molar-refractivity contribution in [3.8, 4) is 11.5 Å². The number of aryl methyl sites for hydroxylation is 1.